The number of phenols is 3. The van der Waals surface area contributed by atoms with Crippen molar-refractivity contribution in [2.24, 2.45) is 0 Å². The molecule has 6 N–H and O–H groups in total. The summed E-state index contributed by atoms with van der Waals surface area (Å²) in [5, 5.41) is 65.7. The zero-order valence-electron chi connectivity index (χ0n) is 23.6. The number of hydrogen-bond acceptors (Lipinski definition) is 11. The van der Waals surface area contributed by atoms with Gasteiger partial charge >= 0.3 is 0 Å². The summed E-state index contributed by atoms with van der Waals surface area (Å²) in [4.78, 5) is 41.3. The average molecular weight is 589 g/mol. The first kappa shape index (κ1) is 28.4. The molecule has 3 aliphatic rings. The second-order valence-electron chi connectivity index (χ2n) is 11.3. The summed E-state index contributed by atoms with van der Waals surface area (Å²) < 4.78 is 10.7. The number of ether oxygens (including phenoxy) is 2. The summed E-state index contributed by atoms with van der Waals surface area (Å²) in [6.07, 6.45) is -3.34. The number of Topliss-reactive ketones (excluding diaryl/α,β-unsaturated/α-hetero) is 1. The summed E-state index contributed by atoms with van der Waals surface area (Å²) in [5.74, 6) is -3.55. The van der Waals surface area contributed by atoms with Gasteiger partial charge in [0.2, 0.25) is 0 Å². The number of carbonyl (C=O) groups excluding carboxylic acids is 3. The predicted octanol–water partition coefficient (Wildman–Crippen LogP) is 2.48. The fourth-order valence-electron chi connectivity index (χ4n) is 6.37. The van der Waals surface area contributed by atoms with Crippen LogP contribution < -0.4 is 9.47 Å². The van der Waals surface area contributed by atoms with Gasteiger partial charge in [0.05, 0.1) is 31.5 Å². The minimum absolute atomic E-state index is 0.0402. The number of methoxy groups -OCH3 is 2. The molecule has 3 aromatic carbocycles. The Hall–Kier alpha value is -4.71. The molecule has 0 aliphatic heterocycles. The number of hydrogen-bond donors (Lipinski definition) is 6. The maximum absolute atomic E-state index is 14.0. The van der Waals surface area contributed by atoms with Gasteiger partial charge < -0.3 is 40.1 Å². The van der Waals surface area contributed by atoms with E-state index in [1.165, 1.54) is 52.3 Å². The molecule has 0 amide bonds. The second-order valence-corrected chi connectivity index (χ2v) is 11.3. The third kappa shape index (κ3) is 3.75. The third-order valence-electron chi connectivity index (χ3n) is 8.80. The van der Waals surface area contributed by atoms with Gasteiger partial charge in [-0.1, -0.05) is 5.57 Å². The van der Waals surface area contributed by atoms with E-state index in [4.69, 9.17) is 9.47 Å². The Kier molecular flexibility index (Phi) is 6.21. The fraction of sp³-hybridized carbons (Fsp3) is 0.281. The Balaban J connectivity index is 1.62. The van der Waals surface area contributed by atoms with Crippen molar-refractivity contribution in [1.82, 2.24) is 0 Å². The Morgan fingerprint density at radius 3 is 2.12 bits per heavy atom. The smallest absolute Gasteiger partial charge is 0.199 e. The van der Waals surface area contributed by atoms with E-state index in [0.717, 1.165) is 0 Å². The van der Waals surface area contributed by atoms with E-state index >= 15 is 0 Å². The van der Waals surface area contributed by atoms with Crippen LogP contribution in [-0.4, -0.2) is 80.0 Å². The Morgan fingerprint density at radius 2 is 1.47 bits per heavy atom. The second kappa shape index (κ2) is 9.40. The summed E-state index contributed by atoms with van der Waals surface area (Å²) in [6.45, 7) is 2.73. The lowest BCUT2D eigenvalue weighted by atomic mass is 9.69. The highest BCUT2D eigenvalue weighted by Gasteiger charge is 2.49. The van der Waals surface area contributed by atoms with E-state index in [1.54, 1.807) is 0 Å². The molecule has 0 heterocycles. The number of benzene rings is 3. The standard InChI is InChI=1S/C32H28O11/c1-11-5-16-23(30(39)22-17(27(16)36)8-13(42-3)9-18(22)33)25(26(11)35)24-19(43-4)10-15-14(29(24)38)6-12-7-20(34)32(2,41)31(40)21(12)28(15)37/h5,8-10,20,31,33-35,38,40-41H,6-7H2,1-4H3/t20-,31-,32-/m1/s1. The molecule has 0 unspecified atom stereocenters. The molecular weight excluding hydrogens is 560 g/mol. The highest BCUT2D eigenvalue weighted by atomic mass is 16.5. The highest BCUT2D eigenvalue weighted by molar-refractivity contribution is 6.32. The first-order valence-electron chi connectivity index (χ1n) is 13.4. The third-order valence-corrected chi connectivity index (χ3v) is 8.80. The Bertz CT molecular complexity index is 1850. The van der Waals surface area contributed by atoms with Crippen LogP contribution in [0.25, 0.3) is 11.1 Å². The van der Waals surface area contributed by atoms with Crippen LogP contribution in [-0.2, 0) is 6.42 Å². The normalized spacial score (nSPS) is 22.5. The van der Waals surface area contributed by atoms with Crippen LogP contribution in [0.3, 0.4) is 0 Å². The van der Waals surface area contributed by atoms with Crippen molar-refractivity contribution in [3.63, 3.8) is 0 Å². The average Bonchev–Trinajstić information content (AvgIpc) is 2.96. The number of phenolic OH excluding ortho intramolecular Hbond substituents is 3. The summed E-state index contributed by atoms with van der Waals surface area (Å²) in [6, 6.07) is 5.15. The number of fused-ring (bicyclic) bond motifs is 3. The maximum Gasteiger partial charge on any atom is 0.199 e. The predicted molar refractivity (Wildman–Crippen MR) is 150 cm³/mol. The molecule has 0 radical (unpaired) electrons. The molecule has 0 saturated heterocycles. The van der Waals surface area contributed by atoms with Gasteiger partial charge in [-0.25, -0.2) is 0 Å². The van der Waals surface area contributed by atoms with E-state index in [0.29, 0.717) is 5.57 Å². The summed E-state index contributed by atoms with van der Waals surface area (Å²) in [7, 11) is 2.59. The number of carbonyl (C=O) groups is 3. The zero-order valence-corrected chi connectivity index (χ0v) is 23.6. The van der Waals surface area contributed by atoms with Gasteiger partial charge in [-0.05, 0) is 50.5 Å². The molecule has 3 atom stereocenters. The van der Waals surface area contributed by atoms with Crippen molar-refractivity contribution >= 4 is 17.3 Å². The van der Waals surface area contributed by atoms with E-state index in [9.17, 15) is 45.0 Å². The van der Waals surface area contributed by atoms with Crippen molar-refractivity contribution < 1.29 is 54.5 Å². The first-order chi connectivity index (χ1) is 20.2. The number of aliphatic hydroxyl groups is 3. The monoisotopic (exact) mass is 588 g/mol. The van der Waals surface area contributed by atoms with Crippen molar-refractivity contribution in [2.75, 3.05) is 14.2 Å². The molecule has 6 rings (SSSR count). The molecule has 43 heavy (non-hydrogen) atoms. The van der Waals surface area contributed by atoms with E-state index in [1.807, 2.05) is 0 Å². The van der Waals surface area contributed by atoms with Gasteiger partial charge in [0.1, 0.15) is 40.5 Å². The molecule has 222 valence electrons. The van der Waals surface area contributed by atoms with Crippen LogP contribution >= 0.6 is 0 Å². The van der Waals surface area contributed by atoms with Crippen LogP contribution in [0.2, 0.25) is 0 Å². The zero-order chi connectivity index (χ0) is 31.3. The van der Waals surface area contributed by atoms with Gasteiger partial charge in [-0.15, -0.1) is 0 Å². The van der Waals surface area contributed by atoms with Crippen LogP contribution in [0, 0.1) is 6.92 Å². The molecular formula is C32H28O11. The number of ketones is 3. The van der Waals surface area contributed by atoms with Gasteiger partial charge in [-0.3, -0.25) is 14.4 Å². The SMILES string of the molecule is COc1cc(O)c2c(c1)C(=O)c1cc(C)c(O)c(-c3c(OC)cc4c(c3O)CC3=C(C4=O)[C@@H](O)[C@](C)(O)[C@H](O)C3)c1C2=O. The van der Waals surface area contributed by atoms with Crippen molar-refractivity contribution in [1.29, 1.82) is 0 Å². The van der Waals surface area contributed by atoms with Crippen molar-refractivity contribution in [3.8, 4) is 39.9 Å². The maximum atomic E-state index is 14.0. The van der Waals surface area contributed by atoms with E-state index in [2.05, 4.69) is 0 Å². The largest absolute Gasteiger partial charge is 0.507 e. The van der Waals surface area contributed by atoms with Crippen LogP contribution in [0.4, 0.5) is 0 Å². The molecule has 0 fully saturated rings. The molecule has 3 aromatic rings. The lowest BCUT2D eigenvalue weighted by Gasteiger charge is -2.42. The Morgan fingerprint density at radius 1 is 0.791 bits per heavy atom. The number of aryl methyl sites for hydroxylation is 1. The molecule has 0 saturated carbocycles. The van der Waals surface area contributed by atoms with Gasteiger partial charge in [0, 0.05) is 45.0 Å². The Labute approximate surface area is 244 Å². The molecule has 3 aliphatic carbocycles. The number of aromatic hydroxyl groups is 3. The molecule has 0 spiro atoms. The van der Waals surface area contributed by atoms with E-state index in [-0.39, 0.29) is 80.0 Å². The van der Waals surface area contributed by atoms with Crippen molar-refractivity contribution in [3.05, 3.63) is 74.4 Å². The van der Waals surface area contributed by atoms with E-state index < -0.39 is 52.4 Å². The first-order valence-corrected chi connectivity index (χ1v) is 13.4. The molecule has 11 heteroatoms. The van der Waals surface area contributed by atoms with Gasteiger partial charge in [0.15, 0.2) is 17.3 Å². The molecule has 0 aromatic heterocycles. The summed E-state index contributed by atoms with van der Waals surface area (Å²) in [5.41, 5.74) is -2.69. The topological polar surface area (TPSA) is 191 Å². The molecule has 0 bridgehead atoms. The lowest BCUT2D eigenvalue weighted by molar-refractivity contribution is -0.127. The number of aliphatic hydroxyl groups excluding tert-OH is 2. The lowest BCUT2D eigenvalue weighted by Crippen LogP contribution is -2.55. The van der Waals surface area contributed by atoms with Crippen molar-refractivity contribution in [2.45, 2.75) is 44.5 Å². The minimum Gasteiger partial charge on any atom is -0.507 e. The highest BCUT2D eigenvalue weighted by Crippen LogP contribution is 2.53. The number of rotatable bonds is 3. The fourth-order valence-corrected chi connectivity index (χ4v) is 6.37. The summed E-state index contributed by atoms with van der Waals surface area (Å²) >= 11 is 0. The quantitative estimate of drug-likeness (QED) is 0.206. The van der Waals surface area contributed by atoms with Gasteiger partial charge in [0.25, 0.3) is 0 Å². The minimum atomic E-state index is -1.98. The van der Waals surface area contributed by atoms with Crippen LogP contribution in [0.15, 0.2) is 35.4 Å². The van der Waals surface area contributed by atoms with Crippen LogP contribution in [0.1, 0.15) is 66.7 Å². The van der Waals surface area contributed by atoms with Gasteiger partial charge in [-0.2, -0.15) is 0 Å². The van der Waals surface area contributed by atoms with Crippen LogP contribution in [0.5, 0.6) is 28.7 Å². The molecule has 11 nitrogen and oxygen atoms in total.